The molecular weight excluding hydrogens is 190 g/mol. The highest BCUT2D eigenvalue weighted by molar-refractivity contribution is 5.79. The number of carbonyl (C=O) groups is 1. The Kier molecular flexibility index (Phi) is 2.72. The average molecular weight is 203 g/mol. The maximum atomic E-state index is 10.2. The van der Waals surface area contributed by atoms with Gasteiger partial charge in [-0.15, -0.1) is 0 Å². The summed E-state index contributed by atoms with van der Waals surface area (Å²) in [5.41, 5.74) is 1.32. The molecule has 0 radical (unpaired) electrons. The van der Waals surface area contributed by atoms with Crippen LogP contribution in [0, 0.1) is 0 Å². The van der Waals surface area contributed by atoms with Crippen LogP contribution in [0.15, 0.2) is 42.6 Å². The Hall–Kier alpha value is -1.77. The van der Waals surface area contributed by atoms with E-state index in [-0.39, 0.29) is 0 Å². The van der Waals surface area contributed by atoms with Gasteiger partial charge in [-0.1, -0.05) is 30.3 Å². The number of benzene rings is 1. The molecule has 0 saturated heterocycles. The van der Waals surface area contributed by atoms with E-state index in [9.17, 15) is 4.79 Å². The fourth-order valence-corrected chi connectivity index (χ4v) is 1.69. The number of nitrogens with one attached hydrogen (secondary N) is 1. The standard InChI is InChI=1S/C12H13NO2/c14-12(15)6-7-13-11-8-10(11)9-4-2-1-3-5-9/h1-7,10-11,13H,8H2,(H,14,15)/b7-6+. The molecule has 1 fully saturated rings. The molecule has 0 aliphatic heterocycles. The molecule has 2 rings (SSSR count). The van der Waals surface area contributed by atoms with Crippen LogP contribution in [0.4, 0.5) is 0 Å². The fourth-order valence-electron chi connectivity index (χ4n) is 1.69. The first-order chi connectivity index (χ1) is 7.27. The molecule has 0 amide bonds. The minimum Gasteiger partial charge on any atom is -0.478 e. The van der Waals surface area contributed by atoms with E-state index in [1.54, 1.807) is 0 Å². The van der Waals surface area contributed by atoms with E-state index in [0.29, 0.717) is 12.0 Å². The van der Waals surface area contributed by atoms with Crippen LogP contribution in [0.5, 0.6) is 0 Å². The number of rotatable bonds is 4. The van der Waals surface area contributed by atoms with E-state index in [1.807, 2.05) is 18.2 Å². The molecule has 1 aromatic carbocycles. The van der Waals surface area contributed by atoms with Gasteiger partial charge in [0.2, 0.25) is 0 Å². The second-order valence-corrected chi connectivity index (χ2v) is 3.70. The Balaban J connectivity index is 1.84. The number of carboxylic acid groups (broad SMARTS) is 1. The van der Waals surface area contributed by atoms with Gasteiger partial charge in [0.1, 0.15) is 0 Å². The van der Waals surface area contributed by atoms with Crippen molar-refractivity contribution in [1.29, 1.82) is 0 Å². The first-order valence-corrected chi connectivity index (χ1v) is 4.98. The van der Waals surface area contributed by atoms with Gasteiger partial charge in [0.15, 0.2) is 0 Å². The summed E-state index contributed by atoms with van der Waals surface area (Å²) in [6.07, 6.45) is 3.71. The van der Waals surface area contributed by atoms with Crippen molar-refractivity contribution in [2.24, 2.45) is 0 Å². The molecule has 15 heavy (non-hydrogen) atoms. The van der Waals surface area contributed by atoms with Gasteiger partial charge in [0.25, 0.3) is 0 Å². The molecule has 0 bridgehead atoms. The van der Waals surface area contributed by atoms with Gasteiger partial charge in [-0.3, -0.25) is 0 Å². The van der Waals surface area contributed by atoms with Crippen molar-refractivity contribution in [2.75, 3.05) is 0 Å². The summed E-state index contributed by atoms with van der Waals surface area (Å²) in [5, 5.41) is 11.5. The summed E-state index contributed by atoms with van der Waals surface area (Å²) in [7, 11) is 0. The van der Waals surface area contributed by atoms with Gasteiger partial charge in [-0.25, -0.2) is 4.79 Å². The van der Waals surface area contributed by atoms with Crippen LogP contribution in [0.1, 0.15) is 17.9 Å². The third kappa shape index (κ3) is 2.59. The van der Waals surface area contributed by atoms with Crippen LogP contribution in [0.3, 0.4) is 0 Å². The van der Waals surface area contributed by atoms with Crippen LogP contribution in [0.2, 0.25) is 0 Å². The number of hydrogen-bond donors (Lipinski definition) is 2. The summed E-state index contributed by atoms with van der Waals surface area (Å²) >= 11 is 0. The van der Waals surface area contributed by atoms with Gasteiger partial charge >= 0.3 is 5.97 Å². The lowest BCUT2D eigenvalue weighted by Gasteiger charge is -1.99. The molecule has 3 heteroatoms. The highest BCUT2D eigenvalue weighted by Crippen LogP contribution is 2.40. The predicted octanol–water partition coefficient (Wildman–Crippen LogP) is 1.73. The van der Waals surface area contributed by atoms with Gasteiger partial charge in [0, 0.05) is 24.2 Å². The summed E-state index contributed by atoms with van der Waals surface area (Å²) in [6.45, 7) is 0. The van der Waals surface area contributed by atoms with E-state index in [1.165, 1.54) is 11.8 Å². The molecule has 1 aliphatic rings. The molecule has 1 aromatic rings. The highest BCUT2D eigenvalue weighted by Gasteiger charge is 2.37. The third-order valence-corrected chi connectivity index (χ3v) is 2.55. The summed E-state index contributed by atoms with van der Waals surface area (Å²) < 4.78 is 0. The van der Waals surface area contributed by atoms with E-state index in [4.69, 9.17) is 5.11 Å². The van der Waals surface area contributed by atoms with Crippen LogP contribution in [0.25, 0.3) is 0 Å². The van der Waals surface area contributed by atoms with Crippen molar-refractivity contribution in [3.05, 3.63) is 48.2 Å². The molecule has 78 valence electrons. The van der Waals surface area contributed by atoms with Crippen LogP contribution >= 0.6 is 0 Å². The van der Waals surface area contributed by atoms with Crippen molar-refractivity contribution < 1.29 is 9.90 Å². The van der Waals surface area contributed by atoms with Gasteiger partial charge < -0.3 is 10.4 Å². The van der Waals surface area contributed by atoms with Crippen LogP contribution in [-0.2, 0) is 4.79 Å². The first-order valence-electron chi connectivity index (χ1n) is 4.98. The number of carboxylic acids is 1. The Morgan fingerprint density at radius 3 is 2.80 bits per heavy atom. The predicted molar refractivity (Wildman–Crippen MR) is 57.5 cm³/mol. The van der Waals surface area contributed by atoms with E-state index in [0.717, 1.165) is 12.5 Å². The van der Waals surface area contributed by atoms with Crippen molar-refractivity contribution in [3.63, 3.8) is 0 Å². The zero-order valence-corrected chi connectivity index (χ0v) is 8.26. The quantitative estimate of drug-likeness (QED) is 0.733. The highest BCUT2D eigenvalue weighted by atomic mass is 16.4. The zero-order chi connectivity index (χ0) is 10.7. The lowest BCUT2D eigenvalue weighted by molar-refractivity contribution is -0.131. The summed E-state index contributed by atoms with van der Waals surface area (Å²) in [5.74, 6) is -0.385. The zero-order valence-electron chi connectivity index (χ0n) is 8.26. The van der Waals surface area contributed by atoms with Crippen molar-refractivity contribution in [1.82, 2.24) is 5.32 Å². The minimum absolute atomic E-state index is 0.392. The largest absolute Gasteiger partial charge is 0.478 e. The van der Waals surface area contributed by atoms with Gasteiger partial charge in [-0.05, 0) is 12.0 Å². The van der Waals surface area contributed by atoms with Gasteiger partial charge in [0.05, 0.1) is 0 Å². The topological polar surface area (TPSA) is 49.3 Å². The minimum atomic E-state index is -0.917. The average Bonchev–Trinajstić information content (AvgIpc) is 2.98. The Labute approximate surface area is 88.4 Å². The van der Waals surface area contributed by atoms with E-state index in [2.05, 4.69) is 17.4 Å². The van der Waals surface area contributed by atoms with E-state index < -0.39 is 5.97 Å². The molecule has 0 spiro atoms. The lowest BCUT2D eigenvalue weighted by Crippen LogP contribution is -2.10. The van der Waals surface area contributed by atoms with Crippen molar-refractivity contribution in [3.8, 4) is 0 Å². The molecule has 0 aromatic heterocycles. The molecular formula is C12H13NO2. The Bertz CT molecular complexity index is 372. The third-order valence-electron chi connectivity index (χ3n) is 2.55. The second kappa shape index (κ2) is 4.17. The number of aliphatic carboxylic acids is 1. The van der Waals surface area contributed by atoms with Crippen molar-refractivity contribution >= 4 is 5.97 Å². The summed E-state index contributed by atoms with van der Waals surface area (Å²) in [6, 6.07) is 10.7. The Morgan fingerprint density at radius 1 is 1.40 bits per heavy atom. The molecule has 2 atom stereocenters. The first kappa shape index (κ1) is 9.77. The molecule has 2 unspecified atom stereocenters. The maximum absolute atomic E-state index is 10.2. The summed E-state index contributed by atoms with van der Waals surface area (Å²) in [4.78, 5) is 10.2. The number of hydrogen-bond acceptors (Lipinski definition) is 2. The smallest absolute Gasteiger partial charge is 0.329 e. The molecule has 1 saturated carbocycles. The lowest BCUT2D eigenvalue weighted by atomic mass is 10.1. The molecule has 1 aliphatic carbocycles. The van der Waals surface area contributed by atoms with Crippen LogP contribution in [-0.4, -0.2) is 17.1 Å². The monoisotopic (exact) mass is 203 g/mol. The van der Waals surface area contributed by atoms with Crippen LogP contribution < -0.4 is 5.32 Å². The fraction of sp³-hybridized carbons (Fsp3) is 0.250. The van der Waals surface area contributed by atoms with Crippen molar-refractivity contribution in [2.45, 2.75) is 18.4 Å². The molecule has 3 nitrogen and oxygen atoms in total. The maximum Gasteiger partial charge on any atom is 0.329 e. The Morgan fingerprint density at radius 2 is 2.13 bits per heavy atom. The van der Waals surface area contributed by atoms with E-state index >= 15 is 0 Å². The normalized spacial score (nSPS) is 24.0. The SMILES string of the molecule is O=C(O)/C=C/NC1CC1c1ccccc1. The second-order valence-electron chi connectivity index (χ2n) is 3.70. The van der Waals surface area contributed by atoms with Gasteiger partial charge in [-0.2, -0.15) is 0 Å². The molecule has 2 N–H and O–H groups in total. The molecule has 0 heterocycles.